The highest BCUT2D eigenvalue weighted by atomic mass is 32.1. The summed E-state index contributed by atoms with van der Waals surface area (Å²) in [4.78, 5) is 18.2. The molecule has 0 aliphatic rings. The van der Waals surface area contributed by atoms with Crippen molar-refractivity contribution in [3.8, 4) is 0 Å². The first-order chi connectivity index (χ1) is 7.97. The van der Waals surface area contributed by atoms with E-state index in [-0.39, 0.29) is 0 Å². The molecule has 1 aromatic heterocycles. The molecule has 0 saturated carbocycles. The molecule has 96 valence electrons. The fourth-order valence-corrected chi connectivity index (χ4v) is 1.87. The number of carbonyl (C=O) groups is 2. The zero-order valence-corrected chi connectivity index (χ0v) is 10.4. The number of nitrogens with two attached hydrogens (primary N) is 1. The lowest BCUT2D eigenvalue weighted by molar-refractivity contribution is -0.159. The van der Waals surface area contributed by atoms with Crippen LogP contribution in [-0.2, 0) is 16.0 Å². The molecule has 1 unspecified atom stereocenters. The normalized spacial score (nSPS) is 11.2. The topological polar surface area (TPSA) is 101 Å². The van der Waals surface area contributed by atoms with Crippen molar-refractivity contribution in [2.24, 2.45) is 5.73 Å². The van der Waals surface area contributed by atoms with Crippen LogP contribution in [0.4, 0.5) is 0 Å². The predicted octanol–water partition coefficient (Wildman–Crippen LogP) is 1.57. The fourth-order valence-electron chi connectivity index (χ4n) is 1.18. The summed E-state index contributed by atoms with van der Waals surface area (Å²) in [5.74, 6) is -3.65. The molecule has 0 amide bonds. The summed E-state index contributed by atoms with van der Waals surface area (Å²) < 4.78 is 0. The van der Waals surface area contributed by atoms with E-state index >= 15 is 0 Å². The Labute approximate surface area is 104 Å². The maximum atomic E-state index is 9.10. The third-order valence-electron chi connectivity index (χ3n) is 1.92. The Morgan fingerprint density at radius 1 is 1.41 bits per heavy atom. The third kappa shape index (κ3) is 8.41. The van der Waals surface area contributed by atoms with Gasteiger partial charge < -0.3 is 15.9 Å². The van der Waals surface area contributed by atoms with Gasteiger partial charge in [-0.1, -0.05) is 13.3 Å². The molecule has 1 atom stereocenters. The van der Waals surface area contributed by atoms with Gasteiger partial charge in [0, 0.05) is 6.04 Å². The van der Waals surface area contributed by atoms with E-state index < -0.39 is 11.9 Å². The van der Waals surface area contributed by atoms with Crippen LogP contribution in [0.15, 0.2) is 16.8 Å². The Kier molecular flexibility index (Phi) is 8.00. The van der Waals surface area contributed by atoms with Gasteiger partial charge in [-0.25, -0.2) is 9.59 Å². The second-order valence-corrected chi connectivity index (χ2v) is 4.27. The van der Waals surface area contributed by atoms with Crippen LogP contribution in [0.1, 0.15) is 25.3 Å². The summed E-state index contributed by atoms with van der Waals surface area (Å²) in [5, 5.41) is 19.1. The molecular weight excluding hydrogens is 242 g/mol. The monoisotopic (exact) mass is 259 g/mol. The number of hydrogen-bond acceptors (Lipinski definition) is 4. The smallest absolute Gasteiger partial charge is 0.414 e. The summed E-state index contributed by atoms with van der Waals surface area (Å²) in [6.45, 7) is 2.17. The minimum Gasteiger partial charge on any atom is -0.473 e. The third-order valence-corrected chi connectivity index (χ3v) is 2.65. The number of carboxylic acids is 2. The summed E-state index contributed by atoms with van der Waals surface area (Å²) in [5.41, 5.74) is 7.27. The van der Waals surface area contributed by atoms with Gasteiger partial charge >= 0.3 is 11.9 Å². The van der Waals surface area contributed by atoms with E-state index in [0.717, 1.165) is 12.8 Å². The Morgan fingerprint density at radius 2 is 2.00 bits per heavy atom. The van der Waals surface area contributed by atoms with Gasteiger partial charge in [0.15, 0.2) is 0 Å². The number of hydrogen-bond donors (Lipinski definition) is 3. The molecule has 4 N–H and O–H groups in total. The maximum Gasteiger partial charge on any atom is 0.414 e. The van der Waals surface area contributed by atoms with Crippen LogP contribution in [0.3, 0.4) is 0 Å². The Bertz CT molecular complexity index is 325. The van der Waals surface area contributed by atoms with Gasteiger partial charge in [-0.2, -0.15) is 11.3 Å². The Hall–Kier alpha value is -1.40. The van der Waals surface area contributed by atoms with E-state index in [1.165, 1.54) is 12.0 Å². The lowest BCUT2D eigenvalue weighted by Crippen LogP contribution is -2.21. The van der Waals surface area contributed by atoms with Crippen LogP contribution < -0.4 is 5.73 Å². The molecular formula is C11H17NO4S. The van der Waals surface area contributed by atoms with E-state index in [4.69, 9.17) is 25.5 Å². The van der Waals surface area contributed by atoms with E-state index in [1.54, 1.807) is 11.3 Å². The molecule has 5 nitrogen and oxygen atoms in total. The Morgan fingerprint density at radius 3 is 2.35 bits per heavy atom. The van der Waals surface area contributed by atoms with E-state index in [1.807, 2.05) is 0 Å². The van der Waals surface area contributed by atoms with Crippen molar-refractivity contribution < 1.29 is 19.8 Å². The standard InChI is InChI=1S/C9H15NS.C2H2O4/c1-2-3-9(10)6-8-4-5-11-7-8;3-1(4)2(5)6/h4-5,7,9H,2-3,6,10H2,1H3;(H,3,4)(H,5,6). The highest BCUT2D eigenvalue weighted by Gasteiger charge is 2.04. The first-order valence-electron chi connectivity index (χ1n) is 5.20. The van der Waals surface area contributed by atoms with Crippen LogP contribution >= 0.6 is 11.3 Å². The van der Waals surface area contributed by atoms with E-state index in [0.29, 0.717) is 6.04 Å². The molecule has 1 heterocycles. The SMILES string of the molecule is CCCC(N)Cc1ccsc1.O=C(O)C(=O)O. The first-order valence-corrected chi connectivity index (χ1v) is 6.14. The fraction of sp³-hybridized carbons (Fsp3) is 0.455. The summed E-state index contributed by atoms with van der Waals surface area (Å²) in [6, 6.07) is 2.51. The van der Waals surface area contributed by atoms with E-state index in [9.17, 15) is 0 Å². The summed E-state index contributed by atoms with van der Waals surface area (Å²) >= 11 is 1.74. The van der Waals surface area contributed by atoms with Crippen LogP contribution in [-0.4, -0.2) is 28.2 Å². The van der Waals surface area contributed by atoms with Crippen LogP contribution in [0.25, 0.3) is 0 Å². The zero-order chi connectivity index (χ0) is 13.3. The second kappa shape index (κ2) is 8.72. The van der Waals surface area contributed by atoms with Gasteiger partial charge in [-0.3, -0.25) is 0 Å². The van der Waals surface area contributed by atoms with Crippen molar-refractivity contribution in [1.29, 1.82) is 0 Å². The van der Waals surface area contributed by atoms with Gasteiger partial charge in [-0.05, 0) is 35.2 Å². The van der Waals surface area contributed by atoms with Crippen molar-refractivity contribution >= 4 is 23.3 Å². The number of aliphatic carboxylic acids is 2. The molecule has 0 aliphatic carbocycles. The van der Waals surface area contributed by atoms with Gasteiger partial charge in [0.1, 0.15) is 0 Å². The molecule has 6 heteroatoms. The van der Waals surface area contributed by atoms with Crippen molar-refractivity contribution in [3.05, 3.63) is 22.4 Å². The highest BCUT2D eigenvalue weighted by molar-refractivity contribution is 7.07. The largest absolute Gasteiger partial charge is 0.473 e. The van der Waals surface area contributed by atoms with Crippen molar-refractivity contribution in [2.45, 2.75) is 32.2 Å². The molecule has 0 aliphatic heterocycles. The lowest BCUT2D eigenvalue weighted by Gasteiger charge is -2.07. The zero-order valence-electron chi connectivity index (χ0n) is 9.63. The van der Waals surface area contributed by atoms with Crippen LogP contribution in [0.2, 0.25) is 0 Å². The van der Waals surface area contributed by atoms with Crippen molar-refractivity contribution in [2.75, 3.05) is 0 Å². The van der Waals surface area contributed by atoms with Crippen LogP contribution in [0.5, 0.6) is 0 Å². The van der Waals surface area contributed by atoms with Crippen molar-refractivity contribution in [3.63, 3.8) is 0 Å². The summed E-state index contributed by atoms with van der Waals surface area (Å²) in [6.07, 6.45) is 3.36. The minimum absolute atomic E-state index is 0.356. The highest BCUT2D eigenvalue weighted by Crippen LogP contribution is 2.09. The van der Waals surface area contributed by atoms with Gasteiger partial charge in [0.2, 0.25) is 0 Å². The number of carboxylic acid groups (broad SMARTS) is 2. The van der Waals surface area contributed by atoms with Gasteiger partial charge in [0.05, 0.1) is 0 Å². The molecule has 0 radical (unpaired) electrons. The molecule has 17 heavy (non-hydrogen) atoms. The predicted molar refractivity (Wildman–Crippen MR) is 66.2 cm³/mol. The second-order valence-electron chi connectivity index (χ2n) is 3.49. The molecule has 1 rings (SSSR count). The minimum atomic E-state index is -1.82. The quantitative estimate of drug-likeness (QED) is 0.713. The molecule has 0 fully saturated rings. The number of thiophene rings is 1. The molecule has 1 aromatic rings. The van der Waals surface area contributed by atoms with E-state index in [2.05, 4.69) is 23.8 Å². The summed E-state index contributed by atoms with van der Waals surface area (Å²) in [7, 11) is 0. The van der Waals surface area contributed by atoms with Gasteiger partial charge in [0.25, 0.3) is 0 Å². The van der Waals surface area contributed by atoms with Crippen molar-refractivity contribution in [1.82, 2.24) is 0 Å². The molecule has 0 bridgehead atoms. The molecule has 0 saturated heterocycles. The number of rotatable bonds is 4. The maximum absolute atomic E-state index is 9.10. The average molecular weight is 259 g/mol. The van der Waals surface area contributed by atoms with Gasteiger partial charge in [-0.15, -0.1) is 0 Å². The first kappa shape index (κ1) is 15.6. The Balaban J connectivity index is 0.000000366. The molecule has 0 spiro atoms. The lowest BCUT2D eigenvalue weighted by atomic mass is 10.1. The van der Waals surface area contributed by atoms with Crippen LogP contribution in [0, 0.1) is 0 Å². The average Bonchev–Trinajstić information content (AvgIpc) is 2.71. The molecule has 0 aromatic carbocycles.